The molecule has 170 valence electrons. The third-order valence-electron chi connectivity index (χ3n) is 5.42. The Labute approximate surface area is 201 Å². The van der Waals surface area contributed by atoms with Crippen LogP contribution < -0.4 is 15.0 Å². The van der Waals surface area contributed by atoms with Gasteiger partial charge < -0.3 is 25.0 Å². The molecular weight excluding hydrogens is 465 g/mol. The number of aromatic hydroxyl groups is 1. The number of carbonyl (C=O) groups is 2. The largest absolute Gasteiger partial charge is 0.505 e. The minimum Gasteiger partial charge on any atom is -0.505 e. The lowest BCUT2D eigenvalue weighted by molar-refractivity contribution is 0.0731. The number of hydrogen-bond acceptors (Lipinski definition) is 5. The van der Waals surface area contributed by atoms with Crippen LogP contribution in [0.2, 0.25) is 10.0 Å². The van der Waals surface area contributed by atoms with E-state index in [2.05, 4.69) is 5.32 Å². The lowest BCUT2D eigenvalue weighted by atomic mass is 10.0. The van der Waals surface area contributed by atoms with Gasteiger partial charge in [-0.3, -0.25) is 9.59 Å². The summed E-state index contributed by atoms with van der Waals surface area (Å²) in [4.78, 5) is 30.0. The lowest BCUT2D eigenvalue weighted by Gasteiger charge is -2.37. The molecule has 4 rings (SSSR count). The summed E-state index contributed by atoms with van der Waals surface area (Å²) in [5.41, 5.74) is 2.48. The molecule has 0 radical (unpaired) electrons. The Hall–Kier alpha value is -3.42. The number of nitrogens with zero attached hydrogens (tertiary/aromatic N) is 2. The molecule has 3 aromatic rings. The quantitative estimate of drug-likeness (QED) is 0.530. The average molecular weight is 486 g/mol. The third-order valence-corrected chi connectivity index (χ3v) is 5.99. The van der Waals surface area contributed by atoms with Crippen molar-refractivity contribution >= 4 is 46.4 Å². The molecule has 1 aliphatic heterocycles. The number of anilines is 2. The van der Waals surface area contributed by atoms with E-state index in [0.29, 0.717) is 35.9 Å². The van der Waals surface area contributed by atoms with Crippen LogP contribution in [-0.4, -0.2) is 42.6 Å². The van der Waals surface area contributed by atoms with Gasteiger partial charge >= 0.3 is 0 Å². The lowest BCUT2D eigenvalue weighted by Crippen LogP contribution is -2.45. The van der Waals surface area contributed by atoms with Crippen molar-refractivity contribution in [3.8, 4) is 11.5 Å². The van der Waals surface area contributed by atoms with Crippen LogP contribution in [0, 0.1) is 0 Å². The van der Waals surface area contributed by atoms with E-state index in [0.717, 1.165) is 5.56 Å². The smallest absolute Gasteiger partial charge is 0.259 e. The van der Waals surface area contributed by atoms with Crippen LogP contribution >= 0.6 is 23.2 Å². The van der Waals surface area contributed by atoms with Gasteiger partial charge in [0.05, 0.1) is 47.3 Å². The Morgan fingerprint density at radius 2 is 1.82 bits per heavy atom. The first-order valence-corrected chi connectivity index (χ1v) is 10.8. The molecule has 1 aliphatic rings. The first-order valence-electron chi connectivity index (χ1n) is 10.0. The SMILES string of the molecule is COc1ccccc1CN1CN(C)c2cccc(NC(=O)c3cc(Cl)c(O)c(Cl)c3)c2C1=O. The standard InChI is InChI=1S/C24H21Cl2N3O4/c1-28-13-29(12-14-6-3-4-9-20(14)33-2)24(32)21-18(7-5-8-19(21)28)27-23(31)15-10-16(25)22(30)17(26)11-15/h3-11,30H,12-13H2,1-2H3,(H,27,31). The number of amides is 2. The van der Waals surface area contributed by atoms with Gasteiger partial charge in [-0.2, -0.15) is 0 Å². The first-order chi connectivity index (χ1) is 15.8. The number of phenols is 1. The second-order valence-electron chi connectivity index (χ2n) is 7.60. The Bertz CT molecular complexity index is 1230. The van der Waals surface area contributed by atoms with E-state index >= 15 is 0 Å². The molecule has 3 aromatic carbocycles. The number of para-hydroxylation sites is 1. The summed E-state index contributed by atoms with van der Waals surface area (Å²) >= 11 is 11.9. The van der Waals surface area contributed by atoms with Crippen LogP contribution in [0.25, 0.3) is 0 Å². The van der Waals surface area contributed by atoms with Gasteiger partial charge in [0.2, 0.25) is 0 Å². The fraction of sp³-hybridized carbons (Fsp3) is 0.167. The summed E-state index contributed by atoms with van der Waals surface area (Å²) in [6.07, 6.45) is 0. The molecule has 0 saturated heterocycles. The minimum atomic E-state index is -0.510. The summed E-state index contributed by atoms with van der Waals surface area (Å²) in [5, 5.41) is 12.5. The predicted octanol–water partition coefficient (Wildman–Crippen LogP) is 5.01. The molecule has 0 atom stereocenters. The molecule has 0 aromatic heterocycles. The number of phenolic OH excluding ortho intramolecular Hbond substituents is 1. The summed E-state index contributed by atoms with van der Waals surface area (Å²) < 4.78 is 5.42. The maximum atomic E-state index is 13.5. The molecular formula is C24H21Cl2N3O4. The third kappa shape index (κ3) is 4.42. The van der Waals surface area contributed by atoms with Crippen LogP contribution in [-0.2, 0) is 6.54 Å². The first kappa shape index (κ1) is 22.8. The average Bonchev–Trinajstić information content (AvgIpc) is 2.80. The Kier molecular flexibility index (Phi) is 6.35. The van der Waals surface area contributed by atoms with Gasteiger partial charge in [0.15, 0.2) is 5.75 Å². The highest BCUT2D eigenvalue weighted by Crippen LogP contribution is 2.35. The summed E-state index contributed by atoms with van der Waals surface area (Å²) in [5.74, 6) is -0.326. The van der Waals surface area contributed by atoms with Gasteiger partial charge in [0.25, 0.3) is 11.8 Å². The van der Waals surface area contributed by atoms with Crippen molar-refractivity contribution in [1.82, 2.24) is 4.90 Å². The number of methoxy groups -OCH3 is 1. The number of nitrogens with one attached hydrogen (secondary N) is 1. The molecule has 9 heteroatoms. The minimum absolute atomic E-state index is 0.0402. The van der Waals surface area contributed by atoms with Gasteiger partial charge in [-0.15, -0.1) is 0 Å². The van der Waals surface area contributed by atoms with Crippen molar-refractivity contribution < 1.29 is 19.4 Å². The van der Waals surface area contributed by atoms with Crippen LogP contribution in [0.5, 0.6) is 11.5 Å². The topological polar surface area (TPSA) is 82.1 Å². The molecule has 0 spiro atoms. The summed E-state index contributed by atoms with van der Waals surface area (Å²) in [6, 6.07) is 15.4. The number of fused-ring (bicyclic) bond motifs is 1. The second kappa shape index (κ2) is 9.21. The maximum Gasteiger partial charge on any atom is 0.259 e. The van der Waals surface area contributed by atoms with Crippen molar-refractivity contribution in [3.05, 3.63) is 81.3 Å². The van der Waals surface area contributed by atoms with Gasteiger partial charge in [0, 0.05) is 18.2 Å². The Morgan fingerprint density at radius 3 is 2.52 bits per heavy atom. The Balaban J connectivity index is 1.66. The van der Waals surface area contributed by atoms with Crippen LogP contribution in [0.1, 0.15) is 26.3 Å². The van der Waals surface area contributed by atoms with Gasteiger partial charge in [-0.1, -0.05) is 47.5 Å². The molecule has 2 N–H and O–H groups in total. The molecule has 1 heterocycles. The molecule has 0 fully saturated rings. The highest BCUT2D eigenvalue weighted by atomic mass is 35.5. The molecule has 33 heavy (non-hydrogen) atoms. The van der Waals surface area contributed by atoms with Gasteiger partial charge in [-0.25, -0.2) is 0 Å². The summed E-state index contributed by atoms with van der Waals surface area (Å²) in [7, 11) is 3.47. The van der Waals surface area contributed by atoms with Crippen molar-refractivity contribution in [3.63, 3.8) is 0 Å². The second-order valence-corrected chi connectivity index (χ2v) is 8.41. The van der Waals surface area contributed by atoms with Gasteiger partial charge in [0.1, 0.15) is 5.75 Å². The fourth-order valence-electron chi connectivity index (χ4n) is 3.79. The number of ether oxygens (including phenoxy) is 1. The van der Waals surface area contributed by atoms with Gasteiger partial charge in [-0.05, 0) is 30.3 Å². The van der Waals surface area contributed by atoms with E-state index in [1.165, 1.54) is 12.1 Å². The van der Waals surface area contributed by atoms with E-state index < -0.39 is 5.91 Å². The number of hydrogen-bond donors (Lipinski definition) is 2. The monoisotopic (exact) mass is 485 g/mol. The van der Waals surface area contributed by atoms with Crippen molar-refractivity contribution in [2.75, 3.05) is 31.0 Å². The molecule has 0 bridgehead atoms. The predicted molar refractivity (Wildman–Crippen MR) is 129 cm³/mol. The molecule has 0 aliphatic carbocycles. The van der Waals surface area contributed by atoms with Crippen molar-refractivity contribution in [2.45, 2.75) is 6.54 Å². The number of carbonyl (C=O) groups excluding carboxylic acids is 2. The number of benzene rings is 3. The molecule has 0 saturated carbocycles. The van der Waals surface area contributed by atoms with Crippen LogP contribution in [0.15, 0.2) is 54.6 Å². The van der Waals surface area contributed by atoms with Crippen LogP contribution in [0.4, 0.5) is 11.4 Å². The van der Waals surface area contributed by atoms with Crippen LogP contribution in [0.3, 0.4) is 0 Å². The zero-order valence-electron chi connectivity index (χ0n) is 17.9. The highest BCUT2D eigenvalue weighted by Gasteiger charge is 2.31. The van der Waals surface area contributed by atoms with Crippen molar-refractivity contribution in [1.29, 1.82) is 0 Å². The fourth-order valence-corrected chi connectivity index (χ4v) is 4.28. The molecule has 2 amide bonds. The van der Waals surface area contributed by atoms with E-state index in [9.17, 15) is 14.7 Å². The Morgan fingerprint density at radius 1 is 1.12 bits per heavy atom. The zero-order chi connectivity index (χ0) is 23.7. The zero-order valence-corrected chi connectivity index (χ0v) is 19.4. The normalized spacial score (nSPS) is 13.0. The van der Waals surface area contributed by atoms with Crippen molar-refractivity contribution in [2.24, 2.45) is 0 Å². The van der Waals surface area contributed by atoms with E-state index in [1.807, 2.05) is 42.3 Å². The van der Waals surface area contributed by atoms with E-state index in [1.54, 1.807) is 24.1 Å². The summed E-state index contributed by atoms with van der Waals surface area (Å²) in [6.45, 7) is 0.725. The highest BCUT2D eigenvalue weighted by molar-refractivity contribution is 6.37. The number of rotatable bonds is 5. The van der Waals surface area contributed by atoms with E-state index in [-0.39, 0.29) is 27.3 Å². The molecule has 0 unspecified atom stereocenters. The molecule has 7 nitrogen and oxygen atoms in total. The number of halogens is 2. The maximum absolute atomic E-state index is 13.5. The van der Waals surface area contributed by atoms with E-state index in [4.69, 9.17) is 27.9 Å².